The summed E-state index contributed by atoms with van der Waals surface area (Å²) in [6.07, 6.45) is 3.89. The van der Waals surface area contributed by atoms with Crippen molar-refractivity contribution in [2.45, 2.75) is 12.8 Å². The predicted molar refractivity (Wildman–Crippen MR) is 57.1 cm³/mol. The molecule has 3 nitrogen and oxygen atoms in total. The number of likely N-dealkylation sites (tertiary alicyclic amines) is 1. The minimum Gasteiger partial charge on any atom is -0.339 e. The molecule has 1 aromatic heterocycles. The minimum absolute atomic E-state index is 0.116. The van der Waals surface area contributed by atoms with Crippen LogP contribution in [0, 0.1) is 0 Å². The molecule has 1 fully saturated rings. The third kappa shape index (κ3) is 1.95. The summed E-state index contributed by atoms with van der Waals surface area (Å²) in [5.74, 6) is 0.116. The molecule has 1 saturated heterocycles. The fourth-order valence-electron chi connectivity index (χ4n) is 1.64. The molecule has 0 N–H and O–H groups in total. The summed E-state index contributed by atoms with van der Waals surface area (Å²) in [5.41, 5.74) is 0.716. The van der Waals surface area contributed by atoms with Crippen molar-refractivity contribution in [2.24, 2.45) is 0 Å². The van der Waals surface area contributed by atoms with E-state index in [9.17, 15) is 4.79 Å². The van der Waals surface area contributed by atoms with Crippen LogP contribution in [0.3, 0.4) is 0 Å². The third-order valence-corrected chi connectivity index (χ3v) is 2.80. The molecular formula is C10H11BrN2O. The number of carbonyl (C=O) groups is 1. The Morgan fingerprint density at radius 2 is 2.14 bits per heavy atom. The van der Waals surface area contributed by atoms with Crippen LogP contribution in [0.25, 0.3) is 0 Å². The number of nitrogens with zero attached hydrogens (tertiary/aromatic N) is 2. The first kappa shape index (κ1) is 9.65. The normalized spacial score (nSPS) is 15.9. The molecule has 0 aliphatic carbocycles. The molecule has 1 aromatic rings. The molecule has 2 heterocycles. The van der Waals surface area contributed by atoms with Crippen LogP contribution in [0.5, 0.6) is 0 Å². The van der Waals surface area contributed by atoms with Crippen LogP contribution in [-0.2, 0) is 0 Å². The first-order valence-electron chi connectivity index (χ1n) is 4.68. The highest BCUT2D eigenvalue weighted by Crippen LogP contribution is 2.14. The molecule has 0 atom stereocenters. The van der Waals surface area contributed by atoms with Crippen LogP contribution in [0.1, 0.15) is 23.2 Å². The van der Waals surface area contributed by atoms with Crippen LogP contribution in [0.15, 0.2) is 22.9 Å². The van der Waals surface area contributed by atoms with Gasteiger partial charge >= 0.3 is 0 Å². The number of halogens is 1. The van der Waals surface area contributed by atoms with Crippen LogP contribution >= 0.6 is 15.9 Å². The maximum atomic E-state index is 11.9. The van der Waals surface area contributed by atoms with Gasteiger partial charge in [0, 0.05) is 24.8 Å². The third-order valence-electron chi connectivity index (χ3n) is 2.37. The average molecular weight is 255 g/mol. The Labute approximate surface area is 91.3 Å². The van der Waals surface area contributed by atoms with Gasteiger partial charge in [-0.05, 0) is 40.9 Å². The molecule has 14 heavy (non-hydrogen) atoms. The smallest absolute Gasteiger partial charge is 0.254 e. The summed E-state index contributed by atoms with van der Waals surface area (Å²) in [7, 11) is 0. The van der Waals surface area contributed by atoms with Crippen molar-refractivity contribution in [1.29, 1.82) is 0 Å². The van der Waals surface area contributed by atoms with Crippen molar-refractivity contribution in [2.75, 3.05) is 13.1 Å². The van der Waals surface area contributed by atoms with E-state index in [1.807, 2.05) is 4.90 Å². The van der Waals surface area contributed by atoms with Gasteiger partial charge in [0.1, 0.15) is 4.60 Å². The molecular weight excluding hydrogens is 244 g/mol. The molecule has 1 amide bonds. The van der Waals surface area contributed by atoms with Crippen molar-refractivity contribution < 1.29 is 4.79 Å². The molecule has 74 valence electrons. The first-order valence-corrected chi connectivity index (χ1v) is 5.47. The number of aromatic nitrogens is 1. The molecule has 4 heteroatoms. The van der Waals surface area contributed by atoms with E-state index in [1.165, 1.54) is 0 Å². The second-order valence-electron chi connectivity index (χ2n) is 3.37. The number of hydrogen-bond donors (Lipinski definition) is 0. The Balaban J connectivity index is 2.17. The van der Waals surface area contributed by atoms with Gasteiger partial charge in [-0.25, -0.2) is 4.98 Å². The van der Waals surface area contributed by atoms with Crippen LogP contribution in [0.2, 0.25) is 0 Å². The molecule has 2 rings (SSSR count). The second kappa shape index (κ2) is 4.09. The van der Waals surface area contributed by atoms with Gasteiger partial charge in [0.15, 0.2) is 0 Å². The molecule has 0 bridgehead atoms. The monoisotopic (exact) mass is 254 g/mol. The van der Waals surface area contributed by atoms with Crippen LogP contribution in [0.4, 0.5) is 0 Å². The van der Waals surface area contributed by atoms with E-state index in [1.54, 1.807) is 18.3 Å². The SMILES string of the molecule is O=C(c1ccnc(Br)c1)N1CCCC1. The average Bonchev–Trinajstić information content (AvgIpc) is 2.69. The zero-order valence-corrected chi connectivity index (χ0v) is 9.33. The fraction of sp³-hybridized carbons (Fsp3) is 0.400. The predicted octanol–water partition coefficient (Wildman–Crippen LogP) is 2.08. The lowest BCUT2D eigenvalue weighted by Gasteiger charge is -2.14. The zero-order valence-electron chi connectivity index (χ0n) is 7.74. The standard InChI is InChI=1S/C10H11BrN2O/c11-9-7-8(3-4-12-9)10(14)13-5-1-2-6-13/h3-4,7H,1-2,5-6H2. The van der Waals surface area contributed by atoms with Gasteiger partial charge in [0.25, 0.3) is 5.91 Å². The van der Waals surface area contributed by atoms with Crippen molar-refractivity contribution in [1.82, 2.24) is 9.88 Å². The van der Waals surface area contributed by atoms with Gasteiger partial charge in [0.05, 0.1) is 0 Å². The quantitative estimate of drug-likeness (QED) is 0.720. The zero-order chi connectivity index (χ0) is 9.97. The molecule has 0 saturated carbocycles. The second-order valence-corrected chi connectivity index (χ2v) is 4.18. The molecule has 0 spiro atoms. The highest BCUT2D eigenvalue weighted by Gasteiger charge is 2.19. The van der Waals surface area contributed by atoms with E-state index >= 15 is 0 Å². The van der Waals surface area contributed by atoms with E-state index in [-0.39, 0.29) is 5.91 Å². The lowest BCUT2D eigenvalue weighted by Crippen LogP contribution is -2.27. The summed E-state index contributed by atoms with van der Waals surface area (Å²) >= 11 is 3.26. The van der Waals surface area contributed by atoms with Crippen molar-refractivity contribution in [3.63, 3.8) is 0 Å². The van der Waals surface area contributed by atoms with Crippen LogP contribution in [-0.4, -0.2) is 28.9 Å². The van der Waals surface area contributed by atoms with E-state index in [0.717, 1.165) is 25.9 Å². The van der Waals surface area contributed by atoms with E-state index in [4.69, 9.17) is 0 Å². The van der Waals surface area contributed by atoms with Crippen molar-refractivity contribution in [3.8, 4) is 0 Å². The largest absolute Gasteiger partial charge is 0.339 e. The summed E-state index contributed by atoms with van der Waals surface area (Å²) in [6, 6.07) is 3.52. The minimum atomic E-state index is 0.116. The van der Waals surface area contributed by atoms with E-state index in [2.05, 4.69) is 20.9 Å². The van der Waals surface area contributed by atoms with Gasteiger partial charge < -0.3 is 4.90 Å². The summed E-state index contributed by atoms with van der Waals surface area (Å²) in [6.45, 7) is 1.78. The number of amides is 1. The number of rotatable bonds is 1. The highest BCUT2D eigenvalue weighted by molar-refractivity contribution is 9.10. The Morgan fingerprint density at radius 3 is 2.79 bits per heavy atom. The lowest BCUT2D eigenvalue weighted by molar-refractivity contribution is 0.0792. The van der Waals surface area contributed by atoms with Gasteiger partial charge in [-0.1, -0.05) is 0 Å². The molecule has 0 aromatic carbocycles. The maximum Gasteiger partial charge on any atom is 0.254 e. The molecule has 1 aliphatic heterocycles. The Hall–Kier alpha value is -0.900. The van der Waals surface area contributed by atoms with E-state index < -0.39 is 0 Å². The van der Waals surface area contributed by atoms with Crippen molar-refractivity contribution >= 4 is 21.8 Å². The highest BCUT2D eigenvalue weighted by atomic mass is 79.9. The first-order chi connectivity index (χ1) is 6.77. The Kier molecular flexibility index (Phi) is 2.82. The molecule has 1 aliphatic rings. The molecule has 0 unspecified atom stereocenters. The topological polar surface area (TPSA) is 33.2 Å². The number of carbonyl (C=O) groups excluding carboxylic acids is 1. The molecule has 0 radical (unpaired) electrons. The van der Waals surface area contributed by atoms with Gasteiger partial charge in [0.2, 0.25) is 0 Å². The summed E-state index contributed by atoms with van der Waals surface area (Å²) in [4.78, 5) is 17.8. The Bertz CT molecular complexity index is 348. The van der Waals surface area contributed by atoms with Crippen molar-refractivity contribution in [3.05, 3.63) is 28.5 Å². The van der Waals surface area contributed by atoms with Gasteiger partial charge in [-0.3, -0.25) is 4.79 Å². The van der Waals surface area contributed by atoms with E-state index in [0.29, 0.717) is 10.2 Å². The number of hydrogen-bond acceptors (Lipinski definition) is 2. The van der Waals surface area contributed by atoms with Crippen LogP contribution < -0.4 is 0 Å². The Morgan fingerprint density at radius 1 is 1.43 bits per heavy atom. The summed E-state index contributed by atoms with van der Waals surface area (Å²) in [5, 5.41) is 0. The van der Waals surface area contributed by atoms with Gasteiger partial charge in [-0.15, -0.1) is 0 Å². The summed E-state index contributed by atoms with van der Waals surface area (Å²) < 4.78 is 0.711. The maximum absolute atomic E-state index is 11.9. The van der Waals surface area contributed by atoms with Gasteiger partial charge in [-0.2, -0.15) is 0 Å². The lowest BCUT2D eigenvalue weighted by atomic mass is 10.2. The fourth-order valence-corrected chi connectivity index (χ4v) is 2.00. The number of pyridine rings is 1.